The maximum atomic E-state index is 13.2. The summed E-state index contributed by atoms with van der Waals surface area (Å²) in [5.41, 5.74) is 0.988. The van der Waals surface area contributed by atoms with Crippen molar-refractivity contribution in [2.75, 3.05) is 0 Å². The fourth-order valence-electron chi connectivity index (χ4n) is 4.60. The van der Waals surface area contributed by atoms with Crippen LogP contribution in [0, 0.1) is 0 Å². The molecule has 7 heteroatoms. The molecule has 2 amide bonds. The van der Waals surface area contributed by atoms with Crippen molar-refractivity contribution in [1.82, 2.24) is 15.2 Å². The first-order valence-electron chi connectivity index (χ1n) is 11.2. The van der Waals surface area contributed by atoms with Gasteiger partial charge >= 0.3 is 5.97 Å². The van der Waals surface area contributed by atoms with Crippen molar-refractivity contribution in [2.45, 2.75) is 76.3 Å². The topological polar surface area (TPSA) is 100 Å². The van der Waals surface area contributed by atoms with E-state index in [2.05, 4.69) is 10.6 Å². The minimum Gasteiger partial charge on any atom is -0.481 e. The molecule has 168 valence electrons. The van der Waals surface area contributed by atoms with Gasteiger partial charge in [0, 0.05) is 29.9 Å². The lowest BCUT2D eigenvalue weighted by Crippen LogP contribution is -2.54. The summed E-state index contributed by atoms with van der Waals surface area (Å²) in [4.78, 5) is 37.3. The molecule has 7 nitrogen and oxygen atoms in total. The number of unbranched alkanes of at least 4 members (excludes halogenated alkanes) is 1. The van der Waals surface area contributed by atoms with E-state index in [-0.39, 0.29) is 18.2 Å². The molecule has 1 saturated carbocycles. The molecule has 1 aromatic heterocycles. The number of hydrogen-bond donors (Lipinski definition) is 3. The van der Waals surface area contributed by atoms with Crippen molar-refractivity contribution < 1.29 is 19.5 Å². The van der Waals surface area contributed by atoms with E-state index >= 15 is 0 Å². The van der Waals surface area contributed by atoms with Crippen LogP contribution in [-0.4, -0.2) is 39.0 Å². The van der Waals surface area contributed by atoms with Gasteiger partial charge in [-0.3, -0.25) is 14.4 Å². The number of amides is 2. The minimum absolute atomic E-state index is 0.0300. The van der Waals surface area contributed by atoms with Crippen LogP contribution in [0.25, 0.3) is 10.9 Å². The van der Waals surface area contributed by atoms with Crippen molar-refractivity contribution in [1.29, 1.82) is 0 Å². The predicted octanol–water partition coefficient (Wildman–Crippen LogP) is 3.76. The van der Waals surface area contributed by atoms with Gasteiger partial charge in [-0.15, -0.1) is 0 Å². The Bertz CT molecular complexity index is 943. The Hall–Kier alpha value is -2.83. The van der Waals surface area contributed by atoms with Gasteiger partial charge < -0.3 is 20.3 Å². The molecule has 0 aliphatic heterocycles. The van der Waals surface area contributed by atoms with Crippen LogP contribution in [0.3, 0.4) is 0 Å². The Balaban J connectivity index is 1.75. The highest BCUT2D eigenvalue weighted by Gasteiger charge is 2.37. The molecule has 0 saturated heterocycles. The lowest BCUT2D eigenvalue weighted by Gasteiger charge is -2.32. The van der Waals surface area contributed by atoms with E-state index in [1.807, 2.05) is 48.9 Å². The summed E-state index contributed by atoms with van der Waals surface area (Å²) in [5, 5.41) is 16.2. The average Bonchev–Trinajstić information content (AvgIpc) is 3.34. The van der Waals surface area contributed by atoms with Crippen LogP contribution >= 0.6 is 0 Å². The molecule has 1 aromatic carbocycles. The zero-order chi connectivity index (χ0) is 22.4. The number of aromatic nitrogens is 1. The third kappa shape index (κ3) is 5.46. The normalized spacial score (nSPS) is 16.2. The number of carboxylic acid groups (broad SMARTS) is 1. The van der Waals surface area contributed by atoms with Crippen LogP contribution in [0.15, 0.2) is 30.3 Å². The van der Waals surface area contributed by atoms with E-state index in [9.17, 15) is 14.4 Å². The first-order chi connectivity index (χ1) is 14.8. The molecule has 3 N–H and O–H groups in total. The van der Waals surface area contributed by atoms with Crippen molar-refractivity contribution in [3.8, 4) is 0 Å². The van der Waals surface area contributed by atoms with Crippen molar-refractivity contribution >= 4 is 28.7 Å². The molecule has 0 bridgehead atoms. The van der Waals surface area contributed by atoms with Crippen LogP contribution in [0.2, 0.25) is 0 Å². The van der Waals surface area contributed by atoms with Gasteiger partial charge in [0.15, 0.2) is 0 Å². The maximum absolute atomic E-state index is 13.2. The molecule has 0 radical (unpaired) electrons. The quantitative estimate of drug-likeness (QED) is 0.537. The van der Waals surface area contributed by atoms with Gasteiger partial charge in [0.05, 0.1) is 0 Å². The zero-order valence-electron chi connectivity index (χ0n) is 18.4. The van der Waals surface area contributed by atoms with Gasteiger partial charge in [-0.05, 0) is 37.8 Å². The third-order valence-corrected chi connectivity index (χ3v) is 6.42. The van der Waals surface area contributed by atoms with E-state index < -0.39 is 17.6 Å². The number of aryl methyl sites for hydroxylation is 1. The Morgan fingerprint density at radius 2 is 1.90 bits per heavy atom. The van der Waals surface area contributed by atoms with E-state index in [0.29, 0.717) is 18.5 Å². The molecule has 31 heavy (non-hydrogen) atoms. The predicted molar refractivity (Wildman–Crippen MR) is 120 cm³/mol. The summed E-state index contributed by atoms with van der Waals surface area (Å²) in [6, 6.07) is 8.97. The molecule has 2 aromatic rings. The van der Waals surface area contributed by atoms with Crippen LogP contribution in [0.4, 0.5) is 0 Å². The molecule has 1 atom stereocenters. The average molecular weight is 428 g/mol. The Morgan fingerprint density at radius 1 is 1.19 bits per heavy atom. The first-order valence-corrected chi connectivity index (χ1v) is 11.2. The van der Waals surface area contributed by atoms with Crippen molar-refractivity contribution in [2.24, 2.45) is 7.05 Å². The molecule has 1 aliphatic rings. The first kappa shape index (κ1) is 22.8. The molecular formula is C24H33N3O4. The van der Waals surface area contributed by atoms with Gasteiger partial charge in [0.2, 0.25) is 5.91 Å². The van der Waals surface area contributed by atoms with Gasteiger partial charge in [-0.1, -0.05) is 50.8 Å². The van der Waals surface area contributed by atoms with E-state index in [0.717, 1.165) is 49.4 Å². The molecule has 0 unspecified atom stereocenters. The summed E-state index contributed by atoms with van der Waals surface area (Å²) in [6.45, 7) is 2.05. The van der Waals surface area contributed by atoms with Crippen LogP contribution < -0.4 is 10.6 Å². The second-order valence-corrected chi connectivity index (χ2v) is 8.69. The number of hydrogen-bond acceptors (Lipinski definition) is 3. The van der Waals surface area contributed by atoms with Crippen LogP contribution in [0.5, 0.6) is 0 Å². The largest absolute Gasteiger partial charge is 0.481 e. The zero-order valence-corrected chi connectivity index (χ0v) is 18.4. The monoisotopic (exact) mass is 427 g/mol. The SMILES string of the molecule is CCCC[C@H](NC(=O)c1cc2ccccc2n1C)C(=O)NC1(CCC(=O)O)CCCC1. The lowest BCUT2D eigenvalue weighted by molar-refractivity contribution is -0.138. The number of para-hydroxylation sites is 1. The smallest absolute Gasteiger partial charge is 0.303 e. The number of nitrogens with zero attached hydrogens (tertiary/aromatic N) is 1. The number of rotatable bonds is 10. The number of carbonyl (C=O) groups excluding carboxylic acids is 2. The Kier molecular flexibility index (Phi) is 7.36. The number of nitrogens with one attached hydrogen (secondary N) is 2. The summed E-state index contributed by atoms with van der Waals surface area (Å²) < 4.78 is 1.84. The highest BCUT2D eigenvalue weighted by molar-refractivity contribution is 6.00. The lowest BCUT2D eigenvalue weighted by atomic mass is 9.90. The fourth-order valence-corrected chi connectivity index (χ4v) is 4.60. The van der Waals surface area contributed by atoms with Gasteiger partial charge in [0.25, 0.3) is 5.91 Å². The van der Waals surface area contributed by atoms with E-state index in [1.54, 1.807) is 0 Å². The highest BCUT2D eigenvalue weighted by Crippen LogP contribution is 2.34. The van der Waals surface area contributed by atoms with Crippen LogP contribution in [-0.2, 0) is 16.6 Å². The van der Waals surface area contributed by atoms with Crippen molar-refractivity contribution in [3.63, 3.8) is 0 Å². The second-order valence-electron chi connectivity index (χ2n) is 8.69. The third-order valence-electron chi connectivity index (χ3n) is 6.42. The molecule has 1 aliphatic carbocycles. The van der Waals surface area contributed by atoms with Gasteiger partial charge in [0.1, 0.15) is 11.7 Å². The molecular weight excluding hydrogens is 394 g/mol. The standard InChI is InChI=1S/C24H33N3O4/c1-3-4-10-18(22(30)26-24(13-7-8-14-24)15-12-21(28)29)25-23(31)20-16-17-9-5-6-11-19(17)27(20)2/h5-6,9,11,16,18H,3-4,7-8,10,12-15H2,1-2H3,(H,25,31)(H,26,30)(H,28,29)/t18-/m0/s1. The van der Waals surface area contributed by atoms with E-state index in [4.69, 9.17) is 5.11 Å². The number of carboxylic acids is 1. The summed E-state index contributed by atoms with van der Waals surface area (Å²) in [6.07, 6.45) is 6.24. The number of carbonyl (C=O) groups is 3. The van der Waals surface area contributed by atoms with Gasteiger partial charge in [-0.25, -0.2) is 0 Å². The minimum atomic E-state index is -0.855. The fraction of sp³-hybridized carbons (Fsp3) is 0.542. The number of aliphatic carboxylic acids is 1. The molecule has 1 fully saturated rings. The van der Waals surface area contributed by atoms with Gasteiger partial charge in [-0.2, -0.15) is 0 Å². The maximum Gasteiger partial charge on any atom is 0.303 e. The number of benzene rings is 1. The molecule has 1 heterocycles. The number of fused-ring (bicyclic) bond motifs is 1. The van der Waals surface area contributed by atoms with E-state index in [1.165, 1.54) is 0 Å². The summed E-state index contributed by atoms with van der Waals surface area (Å²) in [5.74, 6) is -1.35. The van der Waals surface area contributed by atoms with Crippen molar-refractivity contribution in [3.05, 3.63) is 36.0 Å². The second kappa shape index (κ2) is 9.98. The molecule has 3 rings (SSSR count). The summed E-state index contributed by atoms with van der Waals surface area (Å²) in [7, 11) is 1.85. The highest BCUT2D eigenvalue weighted by atomic mass is 16.4. The molecule has 0 spiro atoms. The van der Waals surface area contributed by atoms with Crippen LogP contribution in [0.1, 0.15) is 75.2 Å². The summed E-state index contributed by atoms with van der Waals surface area (Å²) >= 11 is 0. The Morgan fingerprint density at radius 3 is 2.55 bits per heavy atom. The Labute approximate surface area is 183 Å².